The smallest absolute Gasteiger partial charge is 0.244 e. The van der Waals surface area contributed by atoms with Crippen LogP contribution in [0.15, 0.2) is 0 Å². The zero-order chi connectivity index (χ0) is 10.8. The highest BCUT2D eigenvalue weighted by molar-refractivity contribution is 5.91. The van der Waals surface area contributed by atoms with E-state index < -0.39 is 0 Å². The molecule has 0 bridgehead atoms. The zero-order valence-corrected chi connectivity index (χ0v) is 9.61. The van der Waals surface area contributed by atoms with Crippen LogP contribution < -0.4 is 5.32 Å². The van der Waals surface area contributed by atoms with Gasteiger partial charge in [0.15, 0.2) is 0 Å². The summed E-state index contributed by atoms with van der Waals surface area (Å²) in [6, 6.07) is 1.17. The Morgan fingerprint density at radius 2 is 2.06 bits per heavy atom. The van der Waals surface area contributed by atoms with Crippen molar-refractivity contribution < 1.29 is 4.79 Å². The van der Waals surface area contributed by atoms with Crippen LogP contribution in [0.25, 0.3) is 0 Å². The normalized spacial score (nSPS) is 41.0. The van der Waals surface area contributed by atoms with Gasteiger partial charge in [-0.1, -0.05) is 0 Å². The first kappa shape index (κ1) is 9.42. The van der Waals surface area contributed by atoms with E-state index >= 15 is 0 Å². The number of nitrogens with zero attached hydrogens (tertiary/aromatic N) is 2. The van der Waals surface area contributed by atoms with Crippen LogP contribution in [-0.4, -0.2) is 53.1 Å². The quantitative estimate of drug-likeness (QED) is 0.684. The molecule has 4 rings (SSSR count). The number of hydrogen-bond donors (Lipinski definition) is 1. The predicted molar refractivity (Wildman–Crippen MR) is 59.8 cm³/mol. The molecule has 4 fully saturated rings. The molecule has 0 aromatic heterocycles. The van der Waals surface area contributed by atoms with E-state index in [0.29, 0.717) is 18.0 Å². The number of carbonyl (C=O) groups excluding carboxylic acids is 1. The van der Waals surface area contributed by atoms with Gasteiger partial charge in [-0.05, 0) is 38.6 Å². The molecule has 0 aromatic rings. The van der Waals surface area contributed by atoms with Crippen LogP contribution >= 0.6 is 0 Å². The minimum Gasteiger partial charge on any atom is -0.324 e. The third-order valence-corrected chi connectivity index (χ3v) is 4.98. The fourth-order valence-corrected chi connectivity index (χ4v) is 3.86. The van der Waals surface area contributed by atoms with Crippen LogP contribution in [0.2, 0.25) is 0 Å². The van der Waals surface area contributed by atoms with Crippen molar-refractivity contribution in [1.82, 2.24) is 15.1 Å². The molecule has 3 heterocycles. The second-order valence-electron chi connectivity index (χ2n) is 5.79. The fourth-order valence-electron chi connectivity index (χ4n) is 3.86. The van der Waals surface area contributed by atoms with Crippen molar-refractivity contribution >= 4 is 5.91 Å². The molecule has 3 aliphatic heterocycles. The highest BCUT2D eigenvalue weighted by Crippen LogP contribution is 2.43. The van der Waals surface area contributed by atoms with Gasteiger partial charge >= 0.3 is 0 Å². The summed E-state index contributed by atoms with van der Waals surface area (Å²) in [6.45, 7) is 3.25. The Labute approximate surface area is 96.0 Å². The lowest BCUT2D eigenvalue weighted by Gasteiger charge is -2.28. The van der Waals surface area contributed by atoms with Gasteiger partial charge in [-0.15, -0.1) is 0 Å². The second kappa shape index (κ2) is 2.99. The molecule has 2 atom stereocenters. The number of carbonyl (C=O) groups is 1. The first-order chi connectivity index (χ1) is 7.80. The van der Waals surface area contributed by atoms with Crippen molar-refractivity contribution in [3.63, 3.8) is 0 Å². The van der Waals surface area contributed by atoms with E-state index in [2.05, 4.69) is 15.1 Å². The Morgan fingerprint density at radius 1 is 1.19 bits per heavy atom. The van der Waals surface area contributed by atoms with Crippen LogP contribution in [0.4, 0.5) is 0 Å². The molecule has 4 heteroatoms. The molecule has 4 aliphatic rings. The van der Waals surface area contributed by atoms with E-state index in [0.717, 1.165) is 19.5 Å². The van der Waals surface area contributed by atoms with E-state index in [1.54, 1.807) is 0 Å². The number of nitrogens with one attached hydrogen (secondary N) is 1. The van der Waals surface area contributed by atoms with Crippen molar-refractivity contribution in [2.24, 2.45) is 0 Å². The monoisotopic (exact) mass is 221 g/mol. The van der Waals surface area contributed by atoms with E-state index in [9.17, 15) is 4.79 Å². The predicted octanol–water partition coefficient (Wildman–Crippen LogP) is 0.145. The summed E-state index contributed by atoms with van der Waals surface area (Å²) in [4.78, 5) is 17.0. The van der Waals surface area contributed by atoms with Crippen LogP contribution in [0, 0.1) is 0 Å². The summed E-state index contributed by atoms with van der Waals surface area (Å²) in [5.41, 5.74) is -0.105. The first-order valence-corrected chi connectivity index (χ1v) is 6.60. The average Bonchev–Trinajstić information content (AvgIpc) is 2.63. The molecule has 1 amide bonds. The molecule has 4 nitrogen and oxygen atoms in total. The van der Waals surface area contributed by atoms with E-state index in [1.165, 1.54) is 32.4 Å². The van der Waals surface area contributed by atoms with Gasteiger partial charge < -0.3 is 4.90 Å². The SMILES string of the molecule is O=C1N(C2CCN3CCCC23)CNC12CC2. The van der Waals surface area contributed by atoms with E-state index in [4.69, 9.17) is 0 Å². The fraction of sp³-hybridized carbons (Fsp3) is 0.917. The third-order valence-electron chi connectivity index (χ3n) is 4.98. The number of fused-ring (bicyclic) bond motifs is 1. The molecular weight excluding hydrogens is 202 g/mol. The van der Waals surface area contributed by atoms with Gasteiger partial charge in [0.05, 0.1) is 12.2 Å². The topological polar surface area (TPSA) is 35.6 Å². The minimum atomic E-state index is -0.105. The lowest BCUT2D eigenvalue weighted by molar-refractivity contribution is -0.132. The van der Waals surface area contributed by atoms with Gasteiger partial charge in [0.2, 0.25) is 5.91 Å². The van der Waals surface area contributed by atoms with Gasteiger partial charge in [0, 0.05) is 18.6 Å². The zero-order valence-electron chi connectivity index (χ0n) is 9.61. The molecule has 2 unspecified atom stereocenters. The van der Waals surface area contributed by atoms with Crippen LogP contribution in [0.1, 0.15) is 32.1 Å². The molecule has 0 aromatic carbocycles. The van der Waals surface area contributed by atoms with Gasteiger partial charge in [0.1, 0.15) is 0 Å². The van der Waals surface area contributed by atoms with Gasteiger partial charge in [-0.2, -0.15) is 0 Å². The largest absolute Gasteiger partial charge is 0.324 e. The number of hydrogen-bond acceptors (Lipinski definition) is 3. The third kappa shape index (κ3) is 1.09. The molecule has 1 saturated carbocycles. The van der Waals surface area contributed by atoms with E-state index in [-0.39, 0.29) is 5.54 Å². The Hall–Kier alpha value is -0.610. The Morgan fingerprint density at radius 3 is 2.81 bits per heavy atom. The van der Waals surface area contributed by atoms with E-state index in [1.807, 2.05) is 0 Å². The minimum absolute atomic E-state index is 0.105. The maximum absolute atomic E-state index is 12.3. The van der Waals surface area contributed by atoms with Gasteiger partial charge in [-0.25, -0.2) is 0 Å². The Kier molecular flexibility index (Phi) is 1.76. The second-order valence-corrected chi connectivity index (χ2v) is 5.79. The summed E-state index contributed by atoms with van der Waals surface area (Å²) < 4.78 is 0. The maximum atomic E-state index is 12.3. The van der Waals surface area contributed by atoms with Crippen LogP contribution in [0.3, 0.4) is 0 Å². The molecule has 1 aliphatic carbocycles. The highest BCUT2D eigenvalue weighted by Gasteiger charge is 2.58. The summed E-state index contributed by atoms with van der Waals surface area (Å²) in [5.74, 6) is 0.395. The first-order valence-electron chi connectivity index (χ1n) is 6.60. The average molecular weight is 221 g/mol. The van der Waals surface area contributed by atoms with Crippen LogP contribution in [-0.2, 0) is 4.79 Å². The van der Waals surface area contributed by atoms with Gasteiger partial charge in [-0.3, -0.25) is 15.0 Å². The summed E-state index contributed by atoms with van der Waals surface area (Å²) in [5, 5.41) is 3.42. The standard InChI is InChI=1S/C12H19N3O/c16-11-12(4-5-12)13-8-15(11)10-3-7-14-6-1-2-9(10)14/h9-10,13H,1-8H2. The number of amides is 1. The molecule has 1 N–H and O–H groups in total. The molecule has 0 radical (unpaired) electrons. The number of rotatable bonds is 1. The van der Waals surface area contributed by atoms with Crippen molar-refractivity contribution in [3.05, 3.63) is 0 Å². The molecule has 1 spiro atoms. The van der Waals surface area contributed by atoms with Crippen molar-refractivity contribution in [1.29, 1.82) is 0 Å². The lowest BCUT2D eigenvalue weighted by Crippen LogP contribution is -2.45. The molecule has 88 valence electrons. The molecule has 16 heavy (non-hydrogen) atoms. The lowest BCUT2D eigenvalue weighted by atomic mass is 10.0. The Bertz CT molecular complexity index is 339. The molecular formula is C12H19N3O. The van der Waals surface area contributed by atoms with Crippen molar-refractivity contribution in [3.8, 4) is 0 Å². The molecule has 3 saturated heterocycles. The summed E-state index contributed by atoms with van der Waals surface area (Å²) >= 11 is 0. The Balaban J connectivity index is 1.56. The summed E-state index contributed by atoms with van der Waals surface area (Å²) in [6.07, 6.45) is 5.92. The highest BCUT2D eigenvalue weighted by atomic mass is 16.2. The van der Waals surface area contributed by atoms with Crippen molar-refractivity contribution in [2.45, 2.75) is 49.7 Å². The summed E-state index contributed by atoms with van der Waals surface area (Å²) in [7, 11) is 0. The van der Waals surface area contributed by atoms with Crippen LogP contribution in [0.5, 0.6) is 0 Å². The van der Waals surface area contributed by atoms with Gasteiger partial charge in [0.25, 0.3) is 0 Å². The van der Waals surface area contributed by atoms with Crippen molar-refractivity contribution in [2.75, 3.05) is 19.8 Å². The maximum Gasteiger partial charge on any atom is 0.244 e.